The van der Waals surface area contributed by atoms with Crippen LogP contribution in [0, 0.1) is 0 Å². The summed E-state index contributed by atoms with van der Waals surface area (Å²) in [7, 11) is 0. The van der Waals surface area contributed by atoms with Gasteiger partial charge in [0.1, 0.15) is 0 Å². The molecule has 0 radical (unpaired) electrons. The molecule has 0 spiro atoms. The SMILES string of the molecule is [2H][C@H](c1ccccc1)[C@H]([15NH3+])C(=O)O.[Cl-]. The Morgan fingerprint density at radius 1 is 1.54 bits per heavy atom. The van der Waals surface area contributed by atoms with Gasteiger partial charge in [-0.05, 0) is 5.56 Å². The number of halogens is 1. The third kappa shape index (κ3) is 3.92. The molecule has 0 bridgehead atoms. The number of quaternary nitrogens is 1. The second-order valence-electron chi connectivity index (χ2n) is 2.52. The smallest absolute Gasteiger partial charge is 0.362 e. The molecule has 0 fully saturated rings. The second-order valence-corrected chi connectivity index (χ2v) is 2.52. The van der Waals surface area contributed by atoms with Crippen molar-refractivity contribution in [3.63, 3.8) is 0 Å². The van der Waals surface area contributed by atoms with Crippen LogP contribution < -0.4 is 18.1 Å². The first-order chi connectivity index (χ1) is 6.13. The Morgan fingerprint density at radius 2 is 2.08 bits per heavy atom. The molecule has 0 aromatic heterocycles. The lowest BCUT2D eigenvalue weighted by atomic mass is 10.1. The number of rotatable bonds is 3. The lowest BCUT2D eigenvalue weighted by Gasteiger charge is -2.02. The van der Waals surface area contributed by atoms with Crippen LogP contribution in [0.4, 0.5) is 0 Å². The molecular formula is C9H12ClNO2. The molecule has 0 aliphatic heterocycles. The zero-order valence-corrected chi connectivity index (χ0v) is 7.74. The normalized spacial score (nSPS) is 15.0. The van der Waals surface area contributed by atoms with E-state index >= 15 is 0 Å². The van der Waals surface area contributed by atoms with Gasteiger partial charge in [0, 0.05) is 7.77 Å². The van der Waals surface area contributed by atoms with Gasteiger partial charge in [-0.3, -0.25) is 0 Å². The maximum Gasteiger partial charge on any atom is 0.362 e. The van der Waals surface area contributed by atoms with E-state index in [1.807, 2.05) is 6.07 Å². The van der Waals surface area contributed by atoms with E-state index in [-0.39, 0.29) is 12.4 Å². The summed E-state index contributed by atoms with van der Waals surface area (Å²) in [6.07, 6.45) is -0.793. The zero-order valence-electron chi connectivity index (χ0n) is 7.98. The molecule has 4 N–H and O–H groups in total. The lowest BCUT2D eigenvalue weighted by Crippen LogP contribution is -3.00. The molecule has 0 unspecified atom stereocenters. The Kier molecular flexibility index (Phi) is 4.29. The number of carboxylic acid groups (broad SMARTS) is 1. The van der Waals surface area contributed by atoms with Crippen LogP contribution in [0.5, 0.6) is 0 Å². The van der Waals surface area contributed by atoms with Crippen molar-refractivity contribution < 1.29 is 29.4 Å². The maximum atomic E-state index is 10.5. The van der Waals surface area contributed by atoms with Crippen molar-refractivity contribution in [2.24, 2.45) is 0 Å². The summed E-state index contributed by atoms with van der Waals surface area (Å²) in [5, 5.41) is 8.63. The molecule has 0 saturated heterocycles. The monoisotopic (exact) mass is 203 g/mol. The fraction of sp³-hybridized carbons (Fsp3) is 0.222. The van der Waals surface area contributed by atoms with Crippen LogP contribution in [0.25, 0.3) is 0 Å². The second kappa shape index (κ2) is 5.56. The first kappa shape index (κ1) is 10.0. The summed E-state index contributed by atoms with van der Waals surface area (Å²) in [4.78, 5) is 10.5. The Bertz CT molecular complexity index is 294. The predicted octanol–water partition coefficient (Wildman–Crippen LogP) is -3.07. The van der Waals surface area contributed by atoms with E-state index < -0.39 is 18.4 Å². The minimum Gasteiger partial charge on any atom is -1.00 e. The van der Waals surface area contributed by atoms with Crippen LogP contribution in [-0.4, -0.2) is 17.1 Å². The maximum absolute atomic E-state index is 10.5. The fourth-order valence-electron chi connectivity index (χ4n) is 0.868. The average molecular weight is 204 g/mol. The summed E-state index contributed by atoms with van der Waals surface area (Å²) >= 11 is 0. The summed E-state index contributed by atoms with van der Waals surface area (Å²) in [6.45, 7) is 0. The number of carboxylic acids is 1. The molecule has 2 atom stereocenters. The van der Waals surface area contributed by atoms with Crippen LogP contribution in [0.2, 0.25) is 0 Å². The Hall–Kier alpha value is -1.06. The minimum absolute atomic E-state index is 0. The van der Waals surface area contributed by atoms with Gasteiger partial charge >= 0.3 is 5.97 Å². The van der Waals surface area contributed by atoms with Gasteiger partial charge < -0.3 is 23.2 Å². The van der Waals surface area contributed by atoms with E-state index in [2.05, 4.69) is 5.73 Å². The molecule has 1 aromatic carbocycles. The third-order valence-electron chi connectivity index (χ3n) is 1.51. The first-order valence-corrected chi connectivity index (χ1v) is 3.66. The molecule has 13 heavy (non-hydrogen) atoms. The van der Waals surface area contributed by atoms with Crippen molar-refractivity contribution in [3.05, 3.63) is 35.9 Å². The third-order valence-corrected chi connectivity index (χ3v) is 1.51. The van der Waals surface area contributed by atoms with Gasteiger partial charge in [0.25, 0.3) is 0 Å². The van der Waals surface area contributed by atoms with Gasteiger partial charge in [-0.15, -0.1) is 0 Å². The highest BCUT2D eigenvalue weighted by molar-refractivity contribution is 5.71. The molecule has 1 rings (SSSR count). The topological polar surface area (TPSA) is 64.9 Å². The quantitative estimate of drug-likeness (QED) is 0.512. The average Bonchev–Trinajstić information content (AvgIpc) is 2.17. The number of carbonyl (C=O) groups is 1. The van der Waals surface area contributed by atoms with Crippen molar-refractivity contribution in [1.29, 1.82) is 0 Å². The molecule has 0 heterocycles. The Labute approximate surface area is 84.4 Å². The van der Waals surface area contributed by atoms with E-state index in [4.69, 9.17) is 6.48 Å². The first-order valence-electron chi connectivity index (χ1n) is 4.23. The van der Waals surface area contributed by atoms with Crippen molar-refractivity contribution >= 4 is 5.97 Å². The molecule has 72 valence electrons. The fourth-order valence-corrected chi connectivity index (χ4v) is 0.868. The van der Waals surface area contributed by atoms with E-state index in [9.17, 15) is 4.79 Å². The van der Waals surface area contributed by atoms with Crippen LogP contribution in [0.1, 0.15) is 6.93 Å². The zero-order chi connectivity index (χ0) is 9.84. The largest absolute Gasteiger partial charge is 1.00 e. The number of hydrogen-bond acceptors (Lipinski definition) is 1. The van der Waals surface area contributed by atoms with Gasteiger partial charge in [0.05, 0.1) is 0 Å². The highest BCUT2D eigenvalue weighted by Crippen LogP contribution is 2.00. The van der Waals surface area contributed by atoms with E-state index in [1.54, 1.807) is 24.3 Å². The molecule has 4 heteroatoms. The van der Waals surface area contributed by atoms with Gasteiger partial charge in [0.15, 0.2) is 6.04 Å². The number of aliphatic carboxylic acids is 1. The number of hydrogen-bond donors (Lipinski definition) is 2. The summed E-state index contributed by atoms with van der Waals surface area (Å²) < 4.78 is 7.61. The summed E-state index contributed by atoms with van der Waals surface area (Å²) in [5.74, 6) is -1.04. The van der Waals surface area contributed by atoms with E-state index in [0.29, 0.717) is 5.56 Å². The molecule has 1 aromatic rings. The van der Waals surface area contributed by atoms with Crippen LogP contribution in [-0.2, 0) is 11.2 Å². The molecule has 0 saturated carbocycles. The number of benzene rings is 1. The molecule has 0 aliphatic carbocycles. The highest BCUT2D eigenvalue weighted by atomic mass is 35.5. The molecule has 3 nitrogen and oxygen atoms in total. The van der Waals surface area contributed by atoms with Gasteiger partial charge in [-0.1, -0.05) is 30.3 Å². The van der Waals surface area contributed by atoms with Gasteiger partial charge in [-0.25, -0.2) is 4.79 Å². The predicted molar refractivity (Wildman–Crippen MR) is 44.5 cm³/mol. The van der Waals surface area contributed by atoms with E-state index in [0.717, 1.165) is 0 Å². The minimum atomic E-state index is -1.04. The Balaban J connectivity index is 0.00000169. The summed E-state index contributed by atoms with van der Waals surface area (Å²) in [5.41, 5.74) is 4.11. The van der Waals surface area contributed by atoms with Gasteiger partial charge in [0.2, 0.25) is 0 Å². The van der Waals surface area contributed by atoms with Crippen molar-refractivity contribution in [2.75, 3.05) is 0 Å². The van der Waals surface area contributed by atoms with Gasteiger partial charge in [-0.2, -0.15) is 0 Å². The Morgan fingerprint density at radius 3 is 2.54 bits per heavy atom. The van der Waals surface area contributed by atoms with Crippen molar-refractivity contribution in [1.82, 2.24) is 0 Å². The molecule has 0 aliphatic rings. The highest BCUT2D eigenvalue weighted by Gasteiger charge is 2.15. The molecular weight excluding hydrogens is 191 g/mol. The van der Waals surface area contributed by atoms with Crippen LogP contribution in [0.3, 0.4) is 0 Å². The lowest BCUT2D eigenvalue weighted by molar-refractivity contribution is -0.407. The standard InChI is InChI=1S/C9H11NO2.ClH/c10-8(9(11)12)6-7-4-2-1-3-5-7;/h1-5,8H,6,10H2,(H,11,12);1H/t8-;/m0./s1/i6D,10+1;/t6-,8+;/m1.. The van der Waals surface area contributed by atoms with E-state index in [1.165, 1.54) is 0 Å². The summed E-state index contributed by atoms with van der Waals surface area (Å²) in [6, 6.07) is 7.95. The van der Waals surface area contributed by atoms with Crippen molar-refractivity contribution in [3.8, 4) is 0 Å². The van der Waals surface area contributed by atoms with Crippen molar-refractivity contribution in [2.45, 2.75) is 12.4 Å². The van der Waals surface area contributed by atoms with Crippen LogP contribution in [0.15, 0.2) is 30.3 Å². The van der Waals surface area contributed by atoms with Crippen LogP contribution >= 0.6 is 0 Å². The molecule has 0 amide bonds.